The molecule has 0 amide bonds. The number of hydrogen-bond donors (Lipinski definition) is 1. The number of sulfonamides is 1. The smallest absolute Gasteiger partial charge is 0.246 e. The summed E-state index contributed by atoms with van der Waals surface area (Å²) in [4.78, 5) is 0.270. The van der Waals surface area contributed by atoms with Crippen LogP contribution in [0.3, 0.4) is 0 Å². The summed E-state index contributed by atoms with van der Waals surface area (Å²) in [5.41, 5.74) is 0. The summed E-state index contributed by atoms with van der Waals surface area (Å²) in [5.74, 6) is 0.691. The maximum Gasteiger partial charge on any atom is 0.246 e. The van der Waals surface area contributed by atoms with Crippen LogP contribution in [0.25, 0.3) is 0 Å². The van der Waals surface area contributed by atoms with E-state index in [-0.39, 0.29) is 4.90 Å². The monoisotopic (exact) mass is 257 g/mol. The molecule has 0 atom stereocenters. The van der Waals surface area contributed by atoms with E-state index in [1.807, 2.05) is 0 Å². The Balaban J connectivity index is 2.01. The van der Waals surface area contributed by atoms with Crippen molar-refractivity contribution in [1.82, 2.24) is 14.5 Å². The fourth-order valence-electron chi connectivity index (χ4n) is 2.38. The molecule has 2 heterocycles. The zero-order chi connectivity index (χ0) is 12.3. The quantitative estimate of drug-likeness (QED) is 0.891. The minimum absolute atomic E-state index is 0.270. The molecule has 0 saturated carbocycles. The van der Waals surface area contributed by atoms with Gasteiger partial charge in [0.25, 0.3) is 0 Å². The van der Waals surface area contributed by atoms with Crippen molar-refractivity contribution >= 4 is 10.0 Å². The summed E-state index contributed by atoms with van der Waals surface area (Å²) in [6.45, 7) is 3.45. The number of piperidine rings is 1. The lowest BCUT2D eigenvalue weighted by Crippen LogP contribution is -2.38. The van der Waals surface area contributed by atoms with Crippen LogP contribution in [0.2, 0.25) is 0 Å². The predicted octanol–water partition coefficient (Wildman–Crippen LogP) is 1.61. The molecular formula is C11H19N3O2S. The van der Waals surface area contributed by atoms with E-state index in [0.29, 0.717) is 19.0 Å². The van der Waals surface area contributed by atoms with Gasteiger partial charge in [0, 0.05) is 19.3 Å². The normalized spacial score (nSPS) is 19.6. The molecule has 1 N–H and O–H groups in total. The summed E-state index contributed by atoms with van der Waals surface area (Å²) in [6, 6.07) is 0. The minimum atomic E-state index is -3.32. The number of aromatic nitrogens is 2. The molecule has 1 aliphatic rings. The van der Waals surface area contributed by atoms with Crippen LogP contribution in [0.1, 0.15) is 32.6 Å². The van der Waals surface area contributed by atoms with Crippen molar-refractivity contribution in [2.45, 2.75) is 37.5 Å². The number of nitrogens with one attached hydrogen (secondary N) is 1. The number of aromatic amines is 1. The van der Waals surface area contributed by atoms with Gasteiger partial charge in [-0.1, -0.05) is 19.8 Å². The van der Waals surface area contributed by atoms with Crippen LogP contribution < -0.4 is 0 Å². The Morgan fingerprint density at radius 2 is 2.18 bits per heavy atom. The number of H-pyrrole nitrogens is 1. The molecule has 1 aromatic rings. The van der Waals surface area contributed by atoms with Gasteiger partial charge in [-0.05, 0) is 18.8 Å². The first kappa shape index (κ1) is 12.6. The van der Waals surface area contributed by atoms with Crippen LogP contribution >= 0.6 is 0 Å². The minimum Gasteiger partial charge on any atom is -0.284 e. The maximum atomic E-state index is 12.2. The molecule has 1 fully saturated rings. The molecule has 5 nitrogen and oxygen atoms in total. The van der Waals surface area contributed by atoms with Gasteiger partial charge in [-0.3, -0.25) is 5.10 Å². The van der Waals surface area contributed by atoms with E-state index in [1.165, 1.54) is 25.2 Å². The zero-order valence-corrected chi connectivity index (χ0v) is 10.9. The summed E-state index contributed by atoms with van der Waals surface area (Å²) in [5, 5.41) is 6.25. The lowest BCUT2D eigenvalue weighted by atomic mass is 9.94. The van der Waals surface area contributed by atoms with E-state index in [9.17, 15) is 8.42 Å². The fourth-order valence-corrected chi connectivity index (χ4v) is 3.75. The van der Waals surface area contributed by atoms with Gasteiger partial charge >= 0.3 is 0 Å². The van der Waals surface area contributed by atoms with Gasteiger partial charge in [0.2, 0.25) is 10.0 Å². The highest BCUT2D eigenvalue weighted by Crippen LogP contribution is 2.25. The SMILES string of the molecule is CCCC1CCN(S(=O)(=O)c2cn[nH]c2)CC1. The Labute approximate surface area is 102 Å². The van der Waals surface area contributed by atoms with Crippen molar-refractivity contribution in [2.75, 3.05) is 13.1 Å². The number of hydrogen-bond acceptors (Lipinski definition) is 3. The average Bonchev–Trinajstić information content (AvgIpc) is 2.84. The van der Waals surface area contributed by atoms with Crippen molar-refractivity contribution in [2.24, 2.45) is 5.92 Å². The third-order valence-electron chi connectivity index (χ3n) is 3.38. The van der Waals surface area contributed by atoms with Crippen LogP contribution in [0.15, 0.2) is 17.3 Å². The van der Waals surface area contributed by atoms with Gasteiger partial charge in [0.15, 0.2) is 0 Å². The highest BCUT2D eigenvalue weighted by Gasteiger charge is 2.29. The maximum absolute atomic E-state index is 12.2. The first-order valence-corrected chi connectivity index (χ1v) is 7.57. The highest BCUT2D eigenvalue weighted by atomic mass is 32.2. The van der Waals surface area contributed by atoms with Gasteiger partial charge in [-0.15, -0.1) is 0 Å². The zero-order valence-electron chi connectivity index (χ0n) is 10.1. The van der Waals surface area contributed by atoms with E-state index in [0.717, 1.165) is 12.8 Å². The molecule has 0 aliphatic carbocycles. The molecule has 0 bridgehead atoms. The average molecular weight is 257 g/mol. The third-order valence-corrected chi connectivity index (χ3v) is 5.25. The van der Waals surface area contributed by atoms with E-state index in [4.69, 9.17) is 0 Å². The van der Waals surface area contributed by atoms with Crippen molar-refractivity contribution in [3.63, 3.8) is 0 Å². The molecule has 96 valence electrons. The Morgan fingerprint density at radius 3 is 2.71 bits per heavy atom. The van der Waals surface area contributed by atoms with Gasteiger partial charge in [0.05, 0.1) is 6.20 Å². The van der Waals surface area contributed by atoms with Crippen molar-refractivity contribution < 1.29 is 8.42 Å². The van der Waals surface area contributed by atoms with Crippen LogP contribution in [0.4, 0.5) is 0 Å². The second kappa shape index (κ2) is 5.18. The molecule has 17 heavy (non-hydrogen) atoms. The number of nitrogens with zero attached hydrogens (tertiary/aromatic N) is 2. The molecule has 0 aromatic carbocycles. The second-order valence-corrected chi connectivity index (χ2v) is 6.51. The molecule has 1 aromatic heterocycles. The molecule has 0 unspecified atom stereocenters. The van der Waals surface area contributed by atoms with Crippen LogP contribution in [-0.2, 0) is 10.0 Å². The van der Waals surface area contributed by atoms with Crippen molar-refractivity contribution in [1.29, 1.82) is 0 Å². The summed E-state index contributed by atoms with van der Waals surface area (Å²) in [6.07, 6.45) is 7.15. The lowest BCUT2D eigenvalue weighted by Gasteiger charge is -2.30. The molecular weight excluding hydrogens is 238 g/mol. The predicted molar refractivity (Wildman–Crippen MR) is 65.0 cm³/mol. The van der Waals surface area contributed by atoms with Crippen molar-refractivity contribution in [3.8, 4) is 0 Å². The Morgan fingerprint density at radius 1 is 1.47 bits per heavy atom. The number of rotatable bonds is 4. The molecule has 1 aliphatic heterocycles. The third kappa shape index (κ3) is 2.69. The van der Waals surface area contributed by atoms with E-state index < -0.39 is 10.0 Å². The van der Waals surface area contributed by atoms with E-state index in [2.05, 4.69) is 17.1 Å². The van der Waals surface area contributed by atoms with Crippen LogP contribution in [-0.4, -0.2) is 36.0 Å². The molecule has 6 heteroatoms. The van der Waals surface area contributed by atoms with E-state index >= 15 is 0 Å². The fraction of sp³-hybridized carbons (Fsp3) is 0.727. The lowest BCUT2D eigenvalue weighted by molar-refractivity contribution is 0.262. The molecule has 1 saturated heterocycles. The van der Waals surface area contributed by atoms with Gasteiger partial charge < -0.3 is 0 Å². The second-order valence-electron chi connectivity index (χ2n) is 4.57. The molecule has 2 rings (SSSR count). The summed E-state index contributed by atoms with van der Waals surface area (Å²) in [7, 11) is -3.32. The van der Waals surface area contributed by atoms with Crippen LogP contribution in [0, 0.1) is 5.92 Å². The first-order chi connectivity index (χ1) is 8.14. The van der Waals surface area contributed by atoms with Gasteiger partial charge in [-0.2, -0.15) is 9.40 Å². The summed E-state index contributed by atoms with van der Waals surface area (Å²) < 4.78 is 25.9. The van der Waals surface area contributed by atoms with Gasteiger partial charge in [-0.25, -0.2) is 8.42 Å². The van der Waals surface area contributed by atoms with Crippen molar-refractivity contribution in [3.05, 3.63) is 12.4 Å². The Hall–Kier alpha value is -0.880. The largest absolute Gasteiger partial charge is 0.284 e. The summed E-state index contributed by atoms with van der Waals surface area (Å²) >= 11 is 0. The van der Waals surface area contributed by atoms with Gasteiger partial charge in [0.1, 0.15) is 4.90 Å². The highest BCUT2D eigenvalue weighted by molar-refractivity contribution is 7.89. The topological polar surface area (TPSA) is 66.1 Å². The molecule has 0 spiro atoms. The van der Waals surface area contributed by atoms with Crippen LogP contribution in [0.5, 0.6) is 0 Å². The van der Waals surface area contributed by atoms with E-state index in [1.54, 1.807) is 4.31 Å². The standard InChI is InChI=1S/C11H19N3O2S/c1-2-3-10-4-6-14(7-5-10)17(15,16)11-8-12-13-9-11/h8-10H,2-7H2,1H3,(H,12,13). The Kier molecular flexibility index (Phi) is 3.83. The first-order valence-electron chi connectivity index (χ1n) is 6.13. The Bertz CT molecular complexity index is 433. The molecule has 0 radical (unpaired) electrons.